The van der Waals surface area contributed by atoms with E-state index < -0.39 is 11.6 Å². The Labute approximate surface area is 115 Å². The topological polar surface area (TPSA) is 41.6 Å². The molecule has 2 aromatic rings. The molecule has 1 aliphatic rings. The average molecular weight is 273 g/mol. The van der Waals surface area contributed by atoms with Gasteiger partial charge in [0.15, 0.2) is 5.96 Å². The number of benzene rings is 2. The Bertz CT molecular complexity index is 655. The Morgan fingerprint density at radius 1 is 1.10 bits per heavy atom. The Kier molecular flexibility index (Phi) is 3.10. The summed E-state index contributed by atoms with van der Waals surface area (Å²) in [5.41, 5.74) is 7.12. The van der Waals surface area contributed by atoms with Crippen molar-refractivity contribution < 1.29 is 8.78 Å². The maximum atomic E-state index is 14.0. The number of para-hydroxylation sites is 1. The maximum Gasteiger partial charge on any atom is 0.196 e. The summed E-state index contributed by atoms with van der Waals surface area (Å²) in [6.45, 7) is 0.350. The third-order valence-corrected chi connectivity index (χ3v) is 3.34. The molecule has 1 unspecified atom stereocenters. The second-order valence-electron chi connectivity index (χ2n) is 4.59. The molecule has 0 spiro atoms. The molecule has 102 valence electrons. The molecule has 5 heteroatoms. The lowest BCUT2D eigenvalue weighted by Crippen LogP contribution is -2.36. The second kappa shape index (κ2) is 4.92. The molecule has 0 amide bonds. The van der Waals surface area contributed by atoms with E-state index in [9.17, 15) is 8.78 Å². The van der Waals surface area contributed by atoms with Crippen LogP contribution in [0.3, 0.4) is 0 Å². The molecule has 1 heterocycles. The standard InChI is InChI=1S/C15H13F2N3/c16-10-6-7-12(13(17)8-10)14-9-19-15(18)20(14)11-4-2-1-3-5-11/h1-8,14H,9H2,(H2,18,19). The summed E-state index contributed by atoms with van der Waals surface area (Å²) in [7, 11) is 0. The summed E-state index contributed by atoms with van der Waals surface area (Å²) in [6.07, 6.45) is 0. The van der Waals surface area contributed by atoms with E-state index in [4.69, 9.17) is 5.73 Å². The number of hydrogen-bond acceptors (Lipinski definition) is 3. The minimum atomic E-state index is -0.593. The molecule has 1 aliphatic heterocycles. The van der Waals surface area contributed by atoms with Gasteiger partial charge in [-0.1, -0.05) is 24.3 Å². The SMILES string of the molecule is NC1=NCC(c2ccc(F)cc2F)N1c1ccccc1. The molecule has 0 saturated carbocycles. The lowest BCUT2D eigenvalue weighted by molar-refractivity contribution is 0.560. The summed E-state index contributed by atoms with van der Waals surface area (Å²) in [4.78, 5) is 5.94. The maximum absolute atomic E-state index is 14.0. The fraction of sp³-hybridized carbons (Fsp3) is 0.133. The molecule has 3 nitrogen and oxygen atoms in total. The summed E-state index contributed by atoms with van der Waals surface area (Å²) in [5, 5.41) is 0. The number of guanidine groups is 1. The monoisotopic (exact) mass is 273 g/mol. The van der Waals surface area contributed by atoms with Crippen molar-refractivity contribution in [2.45, 2.75) is 6.04 Å². The van der Waals surface area contributed by atoms with E-state index in [2.05, 4.69) is 4.99 Å². The molecule has 2 N–H and O–H groups in total. The van der Waals surface area contributed by atoms with Crippen LogP contribution in [0.15, 0.2) is 53.5 Å². The van der Waals surface area contributed by atoms with Crippen molar-refractivity contribution >= 4 is 11.6 Å². The van der Waals surface area contributed by atoms with Crippen molar-refractivity contribution in [2.75, 3.05) is 11.4 Å². The first-order valence-corrected chi connectivity index (χ1v) is 6.26. The lowest BCUT2D eigenvalue weighted by atomic mass is 10.0. The predicted molar refractivity (Wildman–Crippen MR) is 74.5 cm³/mol. The van der Waals surface area contributed by atoms with Crippen molar-refractivity contribution in [3.8, 4) is 0 Å². The largest absolute Gasteiger partial charge is 0.369 e. The molecule has 0 saturated heterocycles. The number of nitrogens with zero attached hydrogens (tertiary/aromatic N) is 2. The minimum Gasteiger partial charge on any atom is -0.369 e. The van der Waals surface area contributed by atoms with Crippen molar-refractivity contribution in [1.29, 1.82) is 0 Å². The van der Waals surface area contributed by atoms with Crippen molar-refractivity contribution in [3.63, 3.8) is 0 Å². The van der Waals surface area contributed by atoms with E-state index in [0.717, 1.165) is 11.8 Å². The Hall–Kier alpha value is -2.43. The van der Waals surface area contributed by atoms with Crippen LogP contribution in [0.25, 0.3) is 0 Å². The van der Waals surface area contributed by atoms with Gasteiger partial charge in [-0.3, -0.25) is 4.99 Å². The van der Waals surface area contributed by atoms with Crippen LogP contribution in [0.4, 0.5) is 14.5 Å². The first-order valence-electron chi connectivity index (χ1n) is 6.26. The van der Waals surface area contributed by atoms with Gasteiger partial charge in [-0.2, -0.15) is 0 Å². The smallest absolute Gasteiger partial charge is 0.196 e. The van der Waals surface area contributed by atoms with Crippen LogP contribution in [0.2, 0.25) is 0 Å². The normalized spacial score (nSPS) is 18.2. The second-order valence-corrected chi connectivity index (χ2v) is 4.59. The number of rotatable bonds is 2. The van der Waals surface area contributed by atoms with Gasteiger partial charge < -0.3 is 10.6 Å². The highest BCUT2D eigenvalue weighted by molar-refractivity contribution is 5.97. The van der Waals surface area contributed by atoms with Crippen molar-refractivity contribution in [1.82, 2.24) is 0 Å². The van der Waals surface area contributed by atoms with E-state index in [0.29, 0.717) is 18.1 Å². The third kappa shape index (κ3) is 2.11. The third-order valence-electron chi connectivity index (χ3n) is 3.34. The summed E-state index contributed by atoms with van der Waals surface area (Å²) in [6, 6.07) is 12.6. The van der Waals surface area contributed by atoms with Crippen LogP contribution in [0, 0.1) is 11.6 Å². The number of hydrogen-bond donors (Lipinski definition) is 1. The van der Waals surface area contributed by atoms with Gasteiger partial charge in [0.25, 0.3) is 0 Å². The fourth-order valence-corrected chi connectivity index (χ4v) is 2.41. The van der Waals surface area contributed by atoms with Gasteiger partial charge in [-0.25, -0.2) is 8.78 Å². The van der Waals surface area contributed by atoms with E-state index in [-0.39, 0.29) is 6.04 Å². The zero-order valence-electron chi connectivity index (χ0n) is 10.6. The minimum absolute atomic E-state index is 0.338. The van der Waals surface area contributed by atoms with Crippen LogP contribution in [-0.4, -0.2) is 12.5 Å². The summed E-state index contributed by atoms with van der Waals surface area (Å²) in [5.74, 6) is -0.838. The van der Waals surface area contributed by atoms with E-state index in [1.54, 1.807) is 4.90 Å². The van der Waals surface area contributed by atoms with Crippen LogP contribution >= 0.6 is 0 Å². The van der Waals surface area contributed by atoms with Crippen LogP contribution in [-0.2, 0) is 0 Å². The van der Waals surface area contributed by atoms with Crippen LogP contribution in [0.1, 0.15) is 11.6 Å². The zero-order chi connectivity index (χ0) is 14.1. The lowest BCUT2D eigenvalue weighted by Gasteiger charge is -2.26. The Morgan fingerprint density at radius 3 is 2.55 bits per heavy atom. The molecule has 0 aliphatic carbocycles. The molecule has 0 aromatic heterocycles. The molecular formula is C15H13F2N3. The summed E-state index contributed by atoms with van der Waals surface area (Å²) < 4.78 is 27.0. The summed E-state index contributed by atoms with van der Waals surface area (Å²) >= 11 is 0. The van der Waals surface area contributed by atoms with Crippen LogP contribution in [0.5, 0.6) is 0 Å². The van der Waals surface area contributed by atoms with E-state index >= 15 is 0 Å². The van der Waals surface area contributed by atoms with Crippen LogP contribution < -0.4 is 10.6 Å². The number of aliphatic imine (C=N–C) groups is 1. The number of anilines is 1. The van der Waals surface area contributed by atoms with Gasteiger partial charge >= 0.3 is 0 Å². The van der Waals surface area contributed by atoms with E-state index in [1.807, 2.05) is 30.3 Å². The zero-order valence-corrected chi connectivity index (χ0v) is 10.6. The predicted octanol–water partition coefficient (Wildman–Crippen LogP) is 2.84. The molecule has 3 rings (SSSR count). The van der Waals surface area contributed by atoms with Gasteiger partial charge in [0.05, 0.1) is 12.6 Å². The molecule has 0 radical (unpaired) electrons. The highest BCUT2D eigenvalue weighted by atomic mass is 19.1. The molecule has 2 aromatic carbocycles. The molecule has 0 bridgehead atoms. The Balaban J connectivity index is 2.01. The van der Waals surface area contributed by atoms with Gasteiger partial charge in [-0.05, 0) is 18.2 Å². The molecule has 20 heavy (non-hydrogen) atoms. The van der Waals surface area contributed by atoms with Gasteiger partial charge in [0.1, 0.15) is 11.6 Å². The van der Waals surface area contributed by atoms with Gasteiger partial charge in [0, 0.05) is 17.3 Å². The first-order chi connectivity index (χ1) is 9.66. The number of halogens is 2. The van der Waals surface area contributed by atoms with E-state index in [1.165, 1.54) is 12.1 Å². The average Bonchev–Trinajstić information content (AvgIpc) is 2.81. The van der Waals surface area contributed by atoms with Gasteiger partial charge in [-0.15, -0.1) is 0 Å². The first kappa shape index (κ1) is 12.6. The van der Waals surface area contributed by atoms with Crippen molar-refractivity contribution in [2.24, 2.45) is 10.7 Å². The van der Waals surface area contributed by atoms with Gasteiger partial charge in [0.2, 0.25) is 0 Å². The quantitative estimate of drug-likeness (QED) is 0.914. The highest BCUT2D eigenvalue weighted by Gasteiger charge is 2.30. The fourth-order valence-electron chi connectivity index (χ4n) is 2.41. The molecule has 0 fully saturated rings. The molecule has 1 atom stereocenters. The number of nitrogens with two attached hydrogens (primary N) is 1. The highest BCUT2D eigenvalue weighted by Crippen LogP contribution is 2.32. The van der Waals surface area contributed by atoms with Crippen molar-refractivity contribution in [3.05, 3.63) is 65.7 Å². The molecular weight excluding hydrogens is 260 g/mol. The Morgan fingerprint density at radius 2 is 1.85 bits per heavy atom.